The smallest absolute Gasteiger partial charge is 0.340 e. The third-order valence-electron chi connectivity index (χ3n) is 3.00. The maximum atomic E-state index is 13.5. The average Bonchev–Trinajstić information content (AvgIpc) is 2.79. The summed E-state index contributed by atoms with van der Waals surface area (Å²) in [6, 6.07) is 5.30. The number of aryl methyl sites for hydroxylation is 2. The highest BCUT2D eigenvalue weighted by Crippen LogP contribution is 2.20. The molecule has 0 spiro atoms. The largest absolute Gasteiger partial charge is 0.478 e. The van der Waals surface area contributed by atoms with Crippen LogP contribution in [0.25, 0.3) is 0 Å². The zero-order valence-corrected chi connectivity index (χ0v) is 11.6. The number of carboxylic acids is 1. The van der Waals surface area contributed by atoms with Crippen LogP contribution < -0.4 is 5.32 Å². The number of hydrogen-bond acceptors (Lipinski definition) is 3. The zero-order chi connectivity index (χ0) is 15.6. The summed E-state index contributed by atoms with van der Waals surface area (Å²) in [5, 5.41) is 15.6. The zero-order valence-electron chi connectivity index (χ0n) is 11.6. The molecule has 21 heavy (non-hydrogen) atoms. The van der Waals surface area contributed by atoms with Crippen LogP contribution in [0.2, 0.25) is 0 Å². The van der Waals surface area contributed by atoms with Crippen LogP contribution in [0.15, 0.2) is 24.3 Å². The Labute approximate surface area is 120 Å². The Morgan fingerprint density at radius 2 is 2.14 bits per heavy atom. The second-order valence-electron chi connectivity index (χ2n) is 4.42. The van der Waals surface area contributed by atoms with Crippen molar-refractivity contribution in [3.63, 3.8) is 0 Å². The van der Waals surface area contributed by atoms with Gasteiger partial charge in [-0.25, -0.2) is 9.18 Å². The Morgan fingerprint density at radius 1 is 1.43 bits per heavy atom. The Kier molecular flexibility index (Phi) is 4.02. The first-order valence-corrected chi connectivity index (χ1v) is 6.30. The molecule has 0 bridgehead atoms. The van der Waals surface area contributed by atoms with Gasteiger partial charge in [0.15, 0.2) is 0 Å². The van der Waals surface area contributed by atoms with E-state index >= 15 is 0 Å². The van der Waals surface area contributed by atoms with Gasteiger partial charge in [0.1, 0.15) is 17.1 Å². The van der Waals surface area contributed by atoms with E-state index in [9.17, 15) is 14.0 Å². The van der Waals surface area contributed by atoms with E-state index in [1.54, 1.807) is 13.1 Å². The fraction of sp³-hybridized carbons (Fsp3) is 0.214. The summed E-state index contributed by atoms with van der Waals surface area (Å²) in [4.78, 5) is 23.2. The molecule has 2 rings (SSSR count). The lowest BCUT2D eigenvalue weighted by molar-refractivity contribution is 0.0693. The standard InChI is InChI=1S/C14H14FN3O3/c1-3-8-7-11(18(2)17-8)13(19)16-10-6-4-5-9(15)12(10)14(20)21/h4-7H,3H2,1-2H3,(H,16,19)(H,20,21). The minimum atomic E-state index is -1.44. The number of aromatic carboxylic acids is 1. The molecule has 0 atom stereocenters. The average molecular weight is 291 g/mol. The molecule has 1 heterocycles. The second-order valence-corrected chi connectivity index (χ2v) is 4.42. The SMILES string of the molecule is CCc1cc(C(=O)Nc2cccc(F)c2C(=O)O)n(C)n1. The van der Waals surface area contributed by atoms with Crippen LogP contribution >= 0.6 is 0 Å². The number of anilines is 1. The van der Waals surface area contributed by atoms with Crippen LogP contribution in [-0.2, 0) is 13.5 Å². The number of halogens is 1. The number of carbonyl (C=O) groups excluding carboxylic acids is 1. The lowest BCUT2D eigenvalue weighted by Crippen LogP contribution is -2.18. The van der Waals surface area contributed by atoms with Crippen molar-refractivity contribution in [2.75, 3.05) is 5.32 Å². The van der Waals surface area contributed by atoms with Gasteiger partial charge in [0, 0.05) is 7.05 Å². The Morgan fingerprint density at radius 3 is 2.71 bits per heavy atom. The summed E-state index contributed by atoms with van der Waals surface area (Å²) in [7, 11) is 1.61. The summed E-state index contributed by atoms with van der Waals surface area (Å²) in [6.07, 6.45) is 0.668. The van der Waals surface area contributed by atoms with Gasteiger partial charge in [0.2, 0.25) is 0 Å². The first kappa shape index (κ1) is 14.7. The number of aromatic nitrogens is 2. The van der Waals surface area contributed by atoms with Crippen molar-refractivity contribution in [2.24, 2.45) is 7.05 Å². The fourth-order valence-corrected chi connectivity index (χ4v) is 1.94. The molecule has 0 aliphatic rings. The van der Waals surface area contributed by atoms with Gasteiger partial charge in [0.05, 0.1) is 11.4 Å². The van der Waals surface area contributed by atoms with E-state index in [1.165, 1.54) is 16.8 Å². The van der Waals surface area contributed by atoms with Crippen LogP contribution in [0.5, 0.6) is 0 Å². The lowest BCUT2D eigenvalue weighted by atomic mass is 10.1. The van der Waals surface area contributed by atoms with Crippen molar-refractivity contribution in [3.05, 3.63) is 47.0 Å². The van der Waals surface area contributed by atoms with Gasteiger partial charge >= 0.3 is 5.97 Å². The predicted molar refractivity (Wildman–Crippen MR) is 73.9 cm³/mol. The Bertz CT molecular complexity index is 709. The molecule has 2 aromatic rings. The van der Waals surface area contributed by atoms with Crippen LogP contribution in [0.1, 0.15) is 33.5 Å². The van der Waals surface area contributed by atoms with Crippen LogP contribution in [0, 0.1) is 5.82 Å². The van der Waals surface area contributed by atoms with Crippen molar-refractivity contribution < 1.29 is 19.1 Å². The van der Waals surface area contributed by atoms with Crippen molar-refractivity contribution in [3.8, 4) is 0 Å². The van der Waals surface area contributed by atoms with E-state index in [-0.39, 0.29) is 11.4 Å². The van der Waals surface area contributed by atoms with Gasteiger partial charge in [-0.2, -0.15) is 5.10 Å². The molecule has 0 aliphatic heterocycles. The van der Waals surface area contributed by atoms with E-state index in [4.69, 9.17) is 5.11 Å². The minimum Gasteiger partial charge on any atom is -0.478 e. The molecular formula is C14H14FN3O3. The lowest BCUT2D eigenvalue weighted by Gasteiger charge is -2.09. The number of amides is 1. The number of benzene rings is 1. The van der Waals surface area contributed by atoms with Gasteiger partial charge in [-0.15, -0.1) is 0 Å². The third kappa shape index (κ3) is 2.91. The van der Waals surface area contributed by atoms with Crippen molar-refractivity contribution in [1.29, 1.82) is 0 Å². The molecule has 0 unspecified atom stereocenters. The number of carboxylic acid groups (broad SMARTS) is 1. The highest BCUT2D eigenvalue weighted by molar-refractivity contribution is 6.07. The molecule has 110 valence electrons. The van der Waals surface area contributed by atoms with Crippen LogP contribution in [-0.4, -0.2) is 26.8 Å². The maximum Gasteiger partial charge on any atom is 0.340 e. The quantitative estimate of drug-likeness (QED) is 0.903. The summed E-state index contributed by atoms with van der Waals surface area (Å²) in [6.45, 7) is 1.90. The first-order chi connectivity index (χ1) is 9.93. The van der Waals surface area contributed by atoms with Crippen LogP contribution in [0.3, 0.4) is 0 Å². The molecule has 1 aromatic carbocycles. The highest BCUT2D eigenvalue weighted by Gasteiger charge is 2.19. The summed E-state index contributed by atoms with van der Waals surface area (Å²) in [5.74, 6) is -2.89. The van der Waals surface area contributed by atoms with Crippen molar-refractivity contribution in [2.45, 2.75) is 13.3 Å². The summed E-state index contributed by atoms with van der Waals surface area (Å²) in [5.41, 5.74) is 0.350. The summed E-state index contributed by atoms with van der Waals surface area (Å²) >= 11 is 0. The molecule has 0 saturated heterocycles. The molecule has 0 radical (unpaired) electrons. The third-order valence-corrected chi connectivity index (χ3v) is 3.00. The van der Waals surface area contributed by atoms with E-state index in [0.29, 0.717) is 6.42 Å². The molecule has 2 N–H and O–H groups in total. The molecule has 6 nitrogen and oxygen atoms in total. The number of nitrogens with zero attached hydrogens (tertiary/aromatic N) is 2. The molecule has 1 amide bonds. The fourth-order valence-electron chi connectivity index (χ4n) is 1.94. The van der Waals surface area contributed by atoms with Gasteiger partial charge in [-0.1, -0.05) is 13.0 Å². The number of hydrogen-bond donors (Lipinski definition) is 2. The Balaban J connectivity index is 2.34. The van der Waals surface area contributed by atoms with E-state index in [2.05, 4.69) is 10.4 Å². The summed E-state index contributed by atoms with van der Waals surface area (Å²) < 4.78 is 14.9. The van der Waals surface area contributed by atoms with E-state index in [0.717, 1.165) is 11.8 Å². The van der Waals surface area contributed by atoms with Gasteiger partial charge in [-0.05, 0) is 24.6 Å². The first-order valence-electron chi connectivity index (χ1n) is 6.30. The van der Waals surface area contributed by atoms with Gasteiger partial charge in [-0.3, -0.25) is 9.48 Å². The normalized spacial score (nSPS) is 10.4. The molecule has 0 fully saturated rings. The topological polar surface area (TPSA) is 84.2 Å². The van der Waals surface area contributed by atoms with Gasteiger partial charge in [0.25, 0.3) is 5.91 Å². The highest BCUT2D eigenvalue weighted by atomic mass is 19.1. The molecule has 0 saturated carbocycles. The van der Waals surface area contributed by atoms with Crippen LogP contribution in [0.4, 0.5) is 10.1 Å². The van der Waals surface area contributed by atoms with E-state index in [1.807, 2.05) is 6.92 Å². The molecule has 0 aliphatic carbocycles. The number of carbonyl (C=O) groups is 2. The number of rotatable bonds is 4. The van der Waals surface area contributed by atoms with Crippen molar-refractivity contribution >= 4 is 17.6 Å². The molecular weight excluding hydrogens is 277 g/mol. The van der Waals surface area contributed by atoms with E-state index < -0.39 is 23.3 Å². The maximum absolute atomic E-state index is 13.5. The Hall–Kier alpha value is -2.70. The minimum absolute atomic E-state index is 0.0910. The molecule has 1 aromatic heterocycles. The molecule has 7 heteroatoms. The predicted octanol–water partition coefficient (Wildman–Crippen LogP) is 2.07. The second kappa shape index (κ2) is 5.74. The van der Waals surface area contributed by atoms with Crippen molar-refractivity contribution in [1.82, 2.24) is 9.78 Å². The number of nitrogens with one attached hydrogen (secondary N) is 1. The monoisotopic (exact) mass is 291 g/mol. The van der Waals surface area contributed by atoms with Gasteiger partial charge < -0.3 is 10.4 Å².